The molecule has 2 rings (SSSR count). The van der Waals surface area contributed by atoms with Crippen LogP contribution in [0.3, 0.4) is 0 Å². The molecule has 1 nitrogen and oxygen atoms in total. The summed E-state index contributed by atoms with van der Waals surface area (Å²) >= 11 is 0. The molecule has 0 aromatic heterocycles. The molecule has 0 saturated heterocycles. The van der Waals surface area contributed by atoms with Gasteiger partial charge in [0.05, 0.1) is 0 Å². The highest BCUT2D eigenvalue weighted by Gasteiger charge is 2.24. The average molecular weight is 178 g/mol. The van der Waals surface area contributed by atoms with Gasteiger partial charge < -0.3 is 4.79 Å². The highest BCUT2D eigenvalue weighted by Crippen LogP contribution is 2.34. The van der Waals surface area contributed by atoms with Gasteiger partial charge in [-0.2, -0.15) is 0 Å². The quantitative estimate of drug-likeness (QED) is 0.479. The minimum atomic E-state index is 0.323. The Bertz CT molecular complexity index is 203. The minimum absolute atomic E-state index is 0.323. The van der Waals surface area contributed by atoms with Crippen LogP contribution in [-0.2, 0) is 4.79 Å². The van der Waals surface area contributed by atoms with Crippen LogP contribution in [0.1, 0.15) is 38.5 Å². The summed E-state index contributed by atoms with van der Waals surface area (Å²) in [7, 11) is 0. The molecule has 0 amide bonds. The molecule has 2 aliphatic rings. The molecule has 2 saturated carbocycles. The fourth-order valence-corrected chi connectivity index (χ4v) is 2.18. The van der Waals surface area contributed by atoms with E-state index in [-0.39, 0.29) is 0 Å². The summed E-state index contributed by atoms with van der Waals surface area (Å²) in [6, 6.07) is 0. The Kier molecular flexibility index (Phi) is 2.82. The highest BCUT2D eigenvalue weighted by molar-refractivity contribution is 5.54. The number of carbonyl (C=O) groups is 1. The lowest BCUT2D eigenvalue weighted by atomic mass is 9.80. The average Bonchev–Trinajstić information content (AvgIpc) is 2.99. The lowest BCUT2D eigenvalue weighted by molar-refractivity contribution is -0.112. The van der Waals surface area contributed by atoms with E-state index in [0.29, 0.717) is 11.8 Å². The largest absolute Gasteiger partial charge is 0.303 e. The zero-order valence-electron chi connectivity index (χ0n) is 8.11. The summed E-state index contributed by atoms with van der Waals surface area (Å²) in [5, 5.41) is 0. The van der Waals surface area contributed by atoms with Crippen molar-refractivity contribution in [1.29, 1.82) is 0 Å². The molecule has 72 valence electrons. The standard InChI is InChI=1S/C12H18O/c13-9-12-4-2-1-3-11(12)8-7-10-5-6-10/h7-12H,1-6H2/b8-7-/t11-,12+/m1/s1. The number of aldehydes is 1. The second kappa shape index (κ2) is 4.08. The monoisotopic (exact) mass is 178 g/mol. The molecule has 2 atom stereocenters. The lowest BCUT2D eigenvalue weighted by Crippen LogP contribution is -2.18. The number of allylic oxidation sites excluding steroid dienone is 2. The van der Waals surface area contributed by atoms with Gasteiger partial charge in [0.2, 0.25) is 0 Å². The predicted octanol–water partition coefficient (Wildman–Crippen LogP) is 2.96. The van der Waals surface area contributed by atoms with Crippen molar-refractivity contribution in [3.05, 3.63) is 12.2 Å². The van der Waals surface area contributed by atoms with E-state index in [0.717, 1.165) is 12.3 Å². The normalized spacial score (nSPS) is 35.1. The summed E-state index contributed by atoms with van der Waals surface area (Å²) in [6.07, 6.45) is 13.5. The van der Waals surface area contributed by atoms with Gasteiger partial charge in [0.25, 0.3) is 0 Å². The fourth-order valence-electron chi connectivity index (χ4n) is 2.18. The predicted molar refractivity (Wildman–Crippen MR) is 53.4 cm³/mol. The second-order valence-electron chi connectivity index (χ2n) is 4.47. The Morgan fingerprint density at radius 1 is 0.846 bits per heavy atom. The van der Waals surface area contributed by atoms with Crippen molar-refractivity contribution in [3.63, 3.8) is 0 Å². The van der Waals surface area contributed by atoms with Crippen LogP contribution in [-0.4, -0.2) is 6.29 Å². The van der Waals surface area contributed by atoms with Gasteiger partial charge in [-0.3, -0.25) is 0 Å². The molecule has 0 heterocycles. The van der Waals surface area contributed by atoms with E-state index in [2.05, 4.69) is 12.2 Å². The van der Waals surface area contributed by atoms with E-state index >= 15 is 0 Å². The van der Waals surface area contributed by atoms with E-state index in [1.807, 2.05) is 0 Å². The van der Waals surface area contributed by atoms with Crippen molar-refractivity contribution in [3.8, 4) is 0 Å². The van der Waals surface area contributed by atoms with Crippen molar-refractivity contribution in [1.82, 2.24) is 0 Å². The van der Waals surface area contributed by atoms with Gasteiger partial charge in [-0.15, -0.1) is 0 Å². The second-order valence-corrected chi connectivity index (χ2v) is 4.47. The van der Waals surface area contributed by atoms with E-state index in [1.54, 1.807) is 0 Å². The Morgan fingerprint density at radius 2 is 1.54 bits per heavy atom. The van der Waals surface area contributed by atoms with Crippen molar-refractivity contribution < 1.29 is 4.79 Å². The van der Waals surface area contributed by atoms with Crippen LogP contribution in [0.4, 0.5) is 0 Å². The zero-order valence-corrected chi connectivity index (χ0v) is 8.11. The first-order chi connectivity index (χ1) is 6.40. The van der Waals surface area contributed by atoms with Crippen molar-refractivity contribution in [2.75, 3.05) is 0 Å². The number of carbonyl (C=O) groups excluding carboxylic acids is 1. The first-order valence-corrected chi connectivity index (χ1v) is 5.54. The van der Waals surface area contributed by atoms with Gasteiger partial charge >= 0.3 is 0 Å². The van der Waals surface area contributed by atoms with Gasteiger partial charge in [0.15, 0.2) is 0 Å². The van der Waals surface area contributed by atoms with Gasteiger partial charge in [-0.05, 0) is 37.5 Å². The molecule has 0 aromatic rings. The number of hydrogen-bond donors (Lipinski definition) is 0. The Balaban J connectivity index is 1.89. The Hall–Kier alpha value is -0.590. The van der Waals surface area contributed by atoms with E-state index < -0.39 is 0 Å². The molecular weight excluding hydrogens is 160 g/mol. The topological polar surface area (TPSA) is 17.1 Å². The van der Waals surface area contributed by atoms with Crippen LogP contribution in [0.25, 0.3) is 0 Å². The Labute approximate surface area is 80.2 Å². The van der Waals surface area contributed by atoms with E-state index in [9.17, 15) is 4.79 Å². The smallest absolute Gasteiger partial charge is 0.123 e. The third-order valence-corrected chi connectivity index (χ3v) is 3.30. The molecule has 0 aliphatic heterocycles. The molecule has 13 heavy (non-hydrogen) atoms. The first-order valence-electron chi connectivity index (χ1n) is 5.54. The minimum Gasteiger partial charge on any atom is -0.303 e. The van der Waals surface area contributed by atoms with Crippen molar-refractivity contribution >= 4 is 6.29 Å². The molecule has 1 heteroatoms. The third kappa shape index (κ3) is 2.43. The van der Waals surface area contributed by atoms with Crippen molar-refractivity contribution in [2.45, 2.75) is 38.5 Å². The molecule has 0 spiro atoms. The molecule has 0 radical (unpaired) electrons. The van der Waals surface area contributed by atoms with Crippen LogP contribution in [0.2, 0.25) is 0 Å². The molecule has 0 bridgehead atoms. The van der Waals surface area contributed by atoms with Crippen molar-refractivity contribution in [2.24, 2.45) is 17.8 Å². The van der Waals surface area contributed by atoms with Gasteiger partial charge in [0.1, 0.15) is 6.29 Å². The summed E-state index contributed by atoms with van der Waals surface area (Å²) in [5.41, 5.74) is 0. The van der Waals surface area contributed by atoms with E-state index in [4.69, 9.17) is 0 Å². The van der Waals surface area contributed by atoms with Crippen LogP contribution in [0, 0.1) is 17.8 Å². The first kappa shape index (κ1) is 8.98. The molecule has 2 aliphatic carbocycles. The van der Waals surface area contributed by atoms with Gasteiger partial charge in [-0.25, -0.2) is 0 Å². The van der Waals surface area contributed by atoms with Crippen LogP contribution in [0.15, 0.2) is 12.2 Å². The fraction of sp³-hybridized carbons (Fsp3) is 0.750. The molecule has 2 fully saturated rings. The molecule has 0 aromatic carbocycles. The zero-order chi connectivity index (χ0) is 9.10. The van der Waals surface area contributed by atoms with Gasteiger partial charge in [0, 0.05) is 5.92 Å². The van der Waals surface area contributed by atoms with E-state index in [1.165, 1.54) is 38.4 Å². The lowest BCUT2D eigenvalue weighted by Gasteiger charge is -2.24. The van der Waals surface area contributed by atoms with Crippen LogP contribution >= 0.6 is 0 Å². The maximum Gasteiger partial charge on any atom is 0.123 e. The molecule has 0 unspecified atom stereocenters. The molecule has 0 N–H and O–H groups in total. The number of rotatable bonds is 3. The van der Waals surface area contributed by atoms with Crippen LogP contribution < -0.4 is 0 Å². The Morgan fingerprint density at radius 3 is 2.15 bits per heavy atom. The maximum absolute atomic E-state index is 10.8. The summed E-state index contributed by atoms with van der Waals surface area (Å²) < 4.78 is 0. The SMILES string of the molecule is O=C[C@@H]1CCCC[C@@H]1/C=C\C1CC1. The highest BCUT2D eigenvalue weighted by atomic mass is 16.1. The number of hydrogen-bond acceptors (Lipinski definition) is 1. The summed E-state index contributed by atoms with van der Waals surface area (Å²) in [4.78, 5) is 10.8. The van der Waals surface area contributed by atoms with Crippen LogP contribution in [0.5, 0.6) is 0 Å². The third-order valence-electron chi connectivity index (χ3n) is 3.30. The van der Waals surface area contributed by atoms with Gasteiger partial charge in [-0.1, -0.05) is 25.0 Å². The summed E-state index contributed by atoms with van der Waals surface area (Å²) in [5.74, 6) is 1.74. The summed E-state index contributed by atoms with van der Waals surface area (Å²) in [6.45, 7) is 0. The maximum atomic E-state index is 10.8. The molecular formula is C12H18O.